The van der Waals surface area contributed by atoms with Crippen LogP contribution in [0.5, 0.6) is 0 Å². The Hall–Kier alpha value is -0.970. The van der Waals surface area contributed by atoms with E-state index >= 15 is 0 Å². The van der Waals surface area contributed by atoms with Gasteiger partial charge in [0.15, 0.2) is 5.38 Å². The van der Waals surface area contributed by atoms with Gasteiger partial charge in [-0.25, -0.2) is 0 Å². The van der Waals surface area contributed by atoms with Crippen molar-refractivity contribution in [2.24, 2.45) is 0 Å². The molecule has 1 aromatic carbocycles. The highest BCUT2D eigenvalue weighted by Gasteiger charge is 2.30. The molecular formula is C11H11Cl2NO3. The van der Waals surface area contributed by atoms with Gasteiger partial charge in [-0.1, -0.05) is 11.6 Å². The third-order valence-corrected chi connectivity index (χ3v) is 2.97. The average Bonchev–Trinajstić information content (AvgIpc) is 2.30. The van der Waals surface area contributed by atoms with Gasteiger partial charge in [-0.2, -0.15) is 0 Å². The van der Waals surface area contributed by atoms with Crippen LogP contribution >= 0.6 is 23.2 Å². The molecule has 0 aliphatic carbocycles. The van der Waals surface area contributed by atoms with Crippen LogP contribution in [0.2, 0.25) is 5.02 Å². The summed E-state index contributed by atoms with van der Waals surface area (Å²) in [5.41, 5.74) is 1.26. The van der Waals surface area contributed by atoms with Crippen molar-refractivity contribution in [3.05, 3.63) is 34.0 Å². The van der Waals surface area contributed by atoms with Crippen LogP contribution in [0, 0.1) is 5.21 Å². The second-order valence-electron chi connectivity index (χ2n) is 3.62. The molecule has 0 aromatic heterocycles. The maximum Gasteiger partial charge on any atom is 0.375 e. The molecule has 0 saturated carbocycles. The summed E-state index contributed by atoms with van der Waals surface area (Å²) in [4.78, 5) is 0. The molecule has 0 spiro atoms. The normalized spacial score (nSPS) is 16.4. The van der Waals surface area contributed by atoms with Crippen molar-refractivity contribution in [2.45, 2.75) is 12.0 Å². The molecule has 17 heavy (non-hydrogen) atoms. The van der Waals surface area contributed by atoms with Crippen LogP contribution in [0.1, 0.15) is 5.56 Å². The third kappa shape index (κ3) is 2.49. The first-order chi connectivity index (χ1) is 8.13. The van der Waals surface area contributed by atoms with Gasteiger partial charge in [0, 0.05) is 18.2 Å². The number of halogens is 2. The van der Waals surface area contributed by atoms with Crippen molar-refractivity contribution in [3.63, 3.8) is 0 Å². The minimum Gasteiger partial charge on any atom is -0.616 e. The molecule has 0 amide bonds. The number of ether oxygens (including phenoxy) is 2. The van der Waals surface area contributed by atoms with E-state index in [1.165, 1.54) is 7.11 Å². The molecule has 1 unspecified atom stereocenters. The lowest BCUT2D eigenvalue weighted by molar-refractivity contribution is -0.382. The van der Waals surface area contributed by atoms with E-state index in [4.69, 9.17) is 32.7 Å². The average molecular weight is 276 g/mol. The fraction of sp³-hybridized carbons (Fsp3) is 0.364. The van der Waals surface area contributed by atoms with Crippen molar-refractivity contribution in [1.29, 1.82) is 0 Å². The molecular weight excluding hydrogens is 265 g/mol. The summed E-state index contributed by atoms with van der Waals surface area (Å²) < 4.78 is 10.9. The zero-order chi connectivity index (χ0) is 12.4. The summed E-state index contributed by atoms with van der Waals surface area (Å²) in [7, 11) is 1.51. The highest BCUT2D eigenvalue weighted by atomic mass is 35.5. The Morgan fingerprint density at radius 2 is 2.35 bits per heavy atom. The molecule has 1 heterocycles. The topological polar surface area (TPSA) is 44.5 Å². The van der Waals surface area contributed by atoms with E-state index in [1.54, 1.807) is 18.2 Å². The first kappa shape index (κ1) is 12.5. The number of rotatable bonds is 3. The minimum absolute atomic E-state index is 0.142. The number of benzene rings is 1. The van der Waals surface area contributed by atoms with Crippen LogP contribution in [0.4, 0.5) is 5.69 Å². The van der Waals surface area contributed by atoms with Crippen LogP contribution in [-0.4, -0.2) is 29.7 Å². The van der Waals surface area contributed by atoms with Crippen LogP contribution in [0.15, 0.2) is 18.2 Å². The van der Waals surface area contributed by atoms with Crippen LogP contribution in [0.3, 0.4) is 0 Å². The van der Waals surface area contributed by atoms with E-state index in [0.29, 0.717) is 22.1 Å². The molecule has 0 radical (unpaired) electrons. The maximum atomic E-state index is 12.0. The molecule has 0 N–H and O–H groups in total. The van der Waals surface area contributed by atoms with E-state index in [-0.39, 0.29) is 12.5 Å². The predicted molar refractivity (Wildman–Crippen MR) is 66.1 cm³/mol. The molecule has 92 valence electrons. The molecule has 1 aromatic rings. The van der Waals surface area contributed by atoms with Gasteiger partial charge in [0.05, 0.1) is 12.2 Å². The third-order valence-electron chi connectivity index (χ3n) is 2.42. The smallest absolute Gasteiger partial charge is 0.375 e. The molecule has 1 atom stereocenters. The van der Waals surface area contributed by atoms with Crippen molar-refractivity contribution in [1.82, 2.24) is 0 Å². The summed E-state index contributed by atoms with van der Waals surface area (Å²) in [6.45, 7) is 0.527. The summed E-state index contributed by atoms with van der Waals surface area (Å²) in [6.07, 6.45) is 0. The number of hydrogen-bond donors (Lipinski definition) is 0. The van der Waals surface area contributed by atoms with E-state index < -0.39 is 5.38 Å². The molecule has 1 aliphatic rings. The second-order valence-corrected chi connectivity index (χ2v) is 4.58. The van der Waals surface area contributed by atoms with Gasteiger partial charge in [-0.15, -0.1) is 16.3 Å². The van der Waals surface area contributed by atoms with Crippen molar-refractivity contribution in [2.75, 3.05) is 13.7 Å². The lowest BCUT2D eigenvalue weighted by atomic mass is 10.1. The molecule has 0 saturated heterocycles. The van der Waals surface area contributed by atoms with Crippen LogP contribution < -0.4 is 0 Å². The minimum atomic E-state index is -0.607. The summed E-state index contributed by atoms with van der Waals surface area (Å²) in [5.74, 6) is 0.142. The Balaban J connectivity index is 2.39. The predicted octanol–water partition coefficient (Wildman–Crippen LogP) is 2.66. The SMILES string of the molecule is COCC(Cl)C1=[N+]([O-])c2cc(Cl)ccc2CO1. The number of fused-ring (bicyclic) bond motifs is 1. The van der Waals surface area contributed by atoms with Gasteiger partial charge in [0.1, 0.15) is 6.61 Å². The van der Waals surface area contributed by atoms with Crippen molar-refractivity contribution < 1.29 is 14.2 Å². The van der Waals surface area contributed by atoms with Gasteiger partial charge < -0.3 is 14.7 Å². The quantitative estimate of drug-likeness (QED) is 0.484. The fourth-order valence-corrected chi connectivity index (χ4v) is 2.06. The summed E-state index contributed by atoms with van der Waals surface area (Å²) in [6, 6.07) is 5.08. The van der Waals surface area contributed by atoms with E-state index in [9.17, 15) is 5.21 Å². The van der Waals surface area contributed by atoms with Gasteiger partial charge in [-0.3, -0.25) is 0 Å². The molecule has 2 rings (SSSR count). The Morgan fingerprint density at radius 3 is 3.06 bits per heavy atom. The summed E-state index contributed by atoms with van der Waals surface area (Å²) in [5, 5.41) is 11.9. The lowest BCUT2D eigenvalue weighted by Gasteiger charge is -2.20. The Morgan fingerprint density at radius 1 is 1.59 bits per heavy atom. The van der Waals surface area contributed by atoms with Gasteiger partial charge in [-0.05, 0) is 12.1 Å². The number of methoxy groups -OCH3 is 1. The number of alkyl halides is 1. The fourth-order valence-electron chi connectivity index (χ4n) is 1.61. The molecule has 4 nitrogen and oxygen atoms in total. The zero-order valence-electron chi connectivity index (χ0n) is 9.15. The van der Waals surface area contributed by atoms with E-state index in [0.717, 1.165) is 5.56 Å². The van der Waals surface area contributed by atoms with E-state index in [1.807, 2.05) is 0 Å². The van der Waals surface area contributed by atoms with Gasteiger partial charge in [0.2, 0.25) is 5.69 Å². The standard InChI is InChI=1S/C11H11Cl2NO3/c1-16-6-9(13)11-14(15)10-4-8(12)3-2-7(10)5-17-11/h2-4,9H,5-6H2,1H3. The number of nitrogens with zero attached hydrogens (tertiary/aromatic N) is 1. The molecule has 0 fully saturated rings. The largest absolute Gasteiger partial charge is 0.616 e. The number of hydrogen-bond acceptors (Lipinski definition) is 3. The van der Waals surface area contributed by atoms with E-state index in [2.05, 4.69) is 0 Å². The highest BCUT2D eigenvalue weighted by Crippen LogP contribution is 2.28. The maximum absolute atomic E-state index is 12.0. The van der Waals surface area contributed by atoms with Crippen LogP contribution in [-0.2, 0) is 16.1 Å². The monoisotopic (exact) mass is 275 g/mol. The van der Waals surface area contributed by atoms with Crippen LogP contribution in [0.25, 0.3) is 0 Å². The van der Waals surface area contributed by atoms with Crippen molar-refractivity contribution >= 4 is 34.8 Å². The summed E-state index contributed by atoms with van der Waals surface area (Å²) >= 11 is 11.9. The molecule has 6 heteroatoms. The van der Waals surface area contributed by atoms with Crippen molar-refractivity contribution in [3.8, 4) is 0 Å². The molecule has 1 aliphatic heterocycles. The Labute approximate surface area is 109 Å². The highest BCUT2D eigenvalue weighted by molar-refractivity contribution is 6.31. The lowest BCUT2D eigenvalue weighted by Crippen LogP contribution is -2.32. The first-order valence-corrected chi connectivity index (χ1v) is 5.83. The first-order valence-electron chi connectivity index (χ1n) is 5.02. The zero-order valence-corrected chi connectivity index (χ0v) is 10.7. The Bertz CT molecular complexity index is 462. The van der Waals surface area contributed by atoms with Gasteiger partial charge >= 0.3 is 5.90 Å². The molecule has 0 bridgehead atoms. The Kier molecular flexibility index (Phi) is 3.76. The second kappa shape index (κ2) is 5.12. The van der Waals surface area contributed by atoms with Gasteiger partial charge in [0.25, 0.3) is 0 Å².